The number of ether oxygens (including phenoxy) is 2. The summed E-state index contributed by atoms with van der Waals surface area (Å²) in [5.41, 5.74) is 1.21. The Kier molecular flexibility index (Phi) is 5.81. The molecule has 3 rings (SSSR count). The minimum atomic E-state index is -4.29. The van der Waals surface area contributed by atoms with Crippen molar-refractivity contribution in [3.63, 3.8) is 0 Å². The Morgan fingerprint density at radius 3 is 1.43 bits per heavy atom. The number of esters is 2. The van der Waals surface area contributed by atoms with Crippen LogP contribution >= 0.6 is 0 Å². The molecular weight excluding hydrogens is 382 g/mol. The van der Waals surface area contributed by atoms with Crippen LogP contribution in [-0.2, 0) is 28.9 Å². The van der Waals surface area contributed by atoms with Crippen molar-refractivity contribution >= 4 is 21.8 Å². The van der Waals surface area contributed by atoms with E-state index in [1.54, 1.807) is 60.7 Å². The molecule has 1 aliphatic heterocycles. The molecule has 0 unspecified atom stereocenters. The molecule has 1 fully saturated rings. The van der Waals surface area contributed by atoms with Crippen molar-refractivity contribution in [2.75, 3.05) is 14.2 Å². The zero-order valence-corrected chi connectivity index (χ0v) is 16.3. The van der Waals surface area contributed by atoms with Gasteiger partial charge in [-0.2, -0.15) is 0 Å². The largest absolute Gasteiger partial charge is 0.468 e. The molecule has 0 amide bonds. The fraction of sp³-hybridized carbons (Fsp3) is 0.300. The van der Waals surface area contributed by atoms with Gasteiger partial charge in [-0.15, -0.1) is 0 Å². The Bertz CT molecular complexity index is 874. The van der Waals surface area contributed by atoms with E-state index >= 15 is 0 Å². The van der Waals surface area contributed by atoms with E-state index in [9.17, 15) is 18.0 Å². The summed E-state index contributed by atoms with van der Waals surface area (Å²) in [7, 11) is -2.05. The highest BCUT2D eigenvalue weighted by molar-refractivity contribution is 7.94. The molecule has 2 aromatic carbocycles. The molecule has 0 radical (unpaired) electrons. The highest BCUT2D eigenvalue weighted by atomic mass is 32.2. The topological polar surface area (TPSA) is 98.8 Å². The SMILES string of the molecule is COC(=O)[C@@H]1[C@@H](c2ccccc2)N[C@@H](c2ccccc2)[C@@H](C(=O)OC)S1(=O)=O. The first-order chi connectivity index (χ1) is 13.4. The average molecular weight is 403 g/mol. The van der Waals surface area contributed by atoms with Crippen LogP contribution in [0.4, 0.5) is 0 Å². The summed E-state index contributed by atoms with van der Waals surface area (Å²) < 4.78 is 36.4. The number of hydrogen-bond acceptors (Lipinski definition) is 7. The maximum atomic E-state index is 13.4. The van der Waals surface area contributed by atoms with E-state index in [4.69, 9.17) is 9.47 Å². The van der Waals surface area contributed by atoms with E-state index in [1.165, 1.54) is 0 Å². The van der Waals surface area contributed by atoms with Crippen molar-refractivity contribution in [1.82, 2.24) is 5.32 Å². The lowest BCUT2D eigenvalue weighted by atomic mass is 9.97. The third kappa shape index (κ3) is 3.53. The van der Waals surface area contributed by atoms with Crippen LogP contribution in [0.1, 0.15) is 23.2 Å². The molecule has 7 nitrogen and oxygen atoms in total. The van der Waals surface area contributed by atoms with Crippen molar-refractivity contribution in [2.24, 2.45) is 0 Å². The number of hydrogen-bond donors (Lipinski definition) is 1. The zero-order chi connectivity index (χ0) is 20.3. The van der Waals surface area contributed by atoms with Gasteiger partial charge in [-0.1, -0.05) is 60.7 Å². The van der Waals surface area contributed by atoms with Gasteiger partial charge in [0, 0.05) is 0 Å². The molecule has 1 N–H and O–H groups in total. The maximum absolute atomic E-state index is 13.4. The summed E-state index contributed by atoms with van der Waals surface area (Å²) >= 11 is 0. The first kappa shape index (κ1) is 20.0. The van der Waals surface area contributed by atoms with Crippen LogP contribution in [0.2, 0.25) is 0 Å². The molecule has 1 saturated heterocycles. The maximum Gasteiger partial charge on any atom is 0.326 e. The highest BCUT2D eigenvalue weighted by Crippen LogP contribution is 2.39. The molecular formula is C20H21NO6S. The third-order valence-corrected chi connectivity index (χ3v) is 7.20. The van der Waals surface area contributed by atoms with Gasteiger partial charge in [0.2, 0.25) is 0 Å². The Balaban J connectivity index is 2.19. The van der Waals surface area contributed by atoms with E-state index in [0.717, 1.165) is 14.2 Å². The van der Waals surface area contributed by atoms with E-state index in [1.807, 2.05) is 0 Å². The molecule has 8 heteroatoms. The second-order valence-electron chi connectivity index (χ2n) is 6.42. The molecule has 2 aromatic rings. The lowest BCUT2D eigenvalue weighted by Gasteiger charge is -2.40. The van der Waals surface area contributed by atoms with Gasteiger partial charge in [0.05, 0.1) is 26.3 Å². The smallest absolute Gasteiger partial charge is 0.326 e. The van der Waals surface area contributed by atoms with Gasteiger partial charge >= 0.3 is 11.9 Å². The summed E-state index contributed by atoms with van der Waals surface area (Å²) in [6.45, 7) is 0. The summed E-state index contributed by atoms with van der Waals surface area (Å²) in [5, 5.41) is 0.0321. The molecule has 0 bridgehead atoms. The van der Waals surface area contributed by atoms with Gasteiger partial charge in [-0.25, -0.2) is 8.42 Å². The van der Waals surface area contributed by atoms with E-state index in [0.29, 0.717) is 11.1 Å². The number of benzene rings is 2. The van der Waals surface area contributed by atoms with E-state index in [2.05, 4.69) is 5.32 Å². The van der Waals surface area contributed by atoms with Gasteiger partial charge in [-0.3, -0.25) is 14.9 Å². The average Bonchev–Trinajstić information content (AvgIpc) is 2.72. The number of carbonyl (C=O) groups is 2. The summed E-state index contributed by atoms with van der Waals surface area (Å²) in [6, 6.07) is 15.7. The van der Waals surface area contributed by atoms with Crippen molar-refractivity contribution in [3.8, 4) is 0 Å². The van der Waals surface area contributed by atoms with E-state index in [-0.39, 0.29) is 0 Å². The molecule has 4 atom stereocenters. The van der Waals surface area contributed by atoms with Crippen LogP contribution in [0.15, 0.2) is 60.7 Å². The number of sulfone groups is 1. The fourth-order valence-corrected chi connectivity index (χ4v) is 5.82. The lowest BCUT2D eigenvalue weighted by molar-refractivity contribution is -0.142. The highest BCUT2D eigenvalue weighted by Gasteiger charge is 2.56. The molecule has 28 heavy (non-hydrogen) atoms. The zero-order valence-electron chi connectivity index (χ0n) is 15.4. The lowest BCUT2D eigenvalue weighted by Crippen LogP contribution is -2.59. The Morgan fingerprint density at radius 2 is 1.11 bits per heavy atom. The van der Waals surface area contributed by atoms with Crippen molar-refractivity contribution in [2.45, 2.75) is 22.6 Å². The quantitative estimate of drug-likeness (QED) is 0.774. The van der Waals surface area contributed by atoms with Gasteiger partial charge in [-0.05, 0) is 11.1 Å². The number of carbonyl (C=O) groups excluding carboxylic acids is 2. The first-order valence-electron chi connectivity index (χ1n) is 8.66. The van der Waals surface area contributed by atoms with Gasteiger partial charge < -0.3 is 9.47 Å². The van der Waals surface area contributed by atoms with Crippen LogP contribution in [0.25, 0.3) is 0 Å². The molecule has 0 aromatic heterocycles. The molecule has 148 valence electrons. The summed E-state index contributed by atoms with van der Waals surface area (Å²) in [4.78, 5) is 24.9. The minimum Gasteiger partial charge on any atom is -0.468 e. The molecule has 0 aliphatic carbocycles. The van der Waals surface area contributed by atoms with Crippen LogP contribution < -0.4 is 5.32 Å². The Hall–Kier alpha value is -2.71. The number of methoxy groups -OCH3 is 2. The second kappa shape index (κ2) is 8.12. The van der Waals surface area contributed by atoms with Crippen molar-refractivity contribution in [3.05, 3.63) is 71.8 Å². The van der Waals surface area contributed by atoms with Crippen LogP contribution in [0.3, 0.4) is 0 Å². The van der Waals surface area contributed by atoms with Crippen LogP contribution in [-0.4, -0.2) is 45.1 Å². The summed E-state index contributed by atoms with van der Waals surface area (Å²) in [6.07, 6.45) is 0. The standard InChI is InChI=1S/C20H21NO6S/c1-26-19(22)17-15(13-9-5-3-6-10-13)21-16(14-11-7-4-8-12-14)18(20(23)27-2)28(17,24)25/h3-12,15-18,21H,1-2H3/t15-,16+,17-,18-/m0/s1. The molecule has 1 aliphatic rings. The van der Waals surface area contributed by atoms with Crippen LogP contribution in [0.5, 0.6) is 0 Å². The second-order valence-corrected chi connectivity index (χ2v) is 8.61. The van der Waals surface area contributed by atoms with E-state index < -0.39 is 44.4 Å². The van der Waals surface area contributed by atoms with Gasteiger partial charge in [0.25, 0.3) is 0 Å². The Morgan fingerprint density at radius 1 is 0.750 bits per heavy atom. The molecule has 0 spiro atoms. The molecule has 1 heterocycles. The predicted molar refractivity (Wildman–Crippen MR) is 102 cm³/mol. The number of rotatable bonds is 4. The van der Waals surface area contributed by atoms with Gasteiger partial charge in [0.1, 0.15) is 0 Å². The first-order valence-corrected chi connectivity index (χ1v) is 10.3. The fourth-order valence-electron chi connectivity index (χ4n) is 3.54. The monoisotopic (exact) mass is 403 g/mol. The molecule has 0 saturated carbocycles. The normalized spacial score (nSPS) is 26.2. The van der Waals surface area contributed by atoms with Crippen LogP contribution in [0, 0.1) is 0 Å². The summed E-state index contributed by atoms with van der Waals surface area (Å²) in [5.74, 6) is -1.86. The van der Waals surface area contributed by atoms with Crippen molar-refractivity contribution in [1.29, 1.82) is 0 Å². The predicted octanol–water partition coefficient (Wildman–Crippen LogP) is 1.57. The minimum absolute atomic E-state index is 0.603. The third-order valence-electron chi connectivity index (χ3n) is 4.86. The Labute approximate surface area is 163 Å². The van der Waals surface area contributed by atoms with Gasteiger partial charge in [0.15, 0.2) is 20.3 Å². The van der Waals surface area contributed by atoms with Crippen molar-refractivity contribution < 1.29 is 27.5 Å². The number of nitrogens with one attached hydrogen (secondary N) is 1.